The maximum absolute atomic E-state index is 12.0. The molecule has 0 atom stereocenters. The lowest BCUT2D eigenvalue weighted by molar-refractivity contribution is 0.0956. The SMILES string of the molecule is CCNC(=O)c1cccc(-c2cc(-c3ccc(CN)cc3)on2)c1. The maximum atomic E-state index is 12.0. The highest BCUT2D eigenvalue weighted by Crippen LogP contribution is 2.26. The first-order chi connectivity index (χ1) is 11.7. The molecule has 3 rings (SSSR count). The highest BCUT2D eigenvalue weighted by atomic mass is 16.5. The van der Waals surface area contributed by atoms with E-state index in [9.17, 15) is 4.79 Å². The molecule has 0 spiro atoms. The molecule has 5 heteroatoms. The monoisotopic (exact) mass is 321 g/mol. The van der Waals surface area contributed by atoms with Crippen molar-refractivity contribution in [3.63, 3.8) is 0 Å². The molecular weight excluding hydrogens is 302 g/mol. The molecule has 0 saturated carbocycles. The Morgan fingerprint density at radius 2 is 1.92 bits per heavy atom. The number of amides is 1. The van der Waals surface area contributed by atoms with E-state index in [0.29, 0.717) is 30.1 Å². The van der Waals surface area contributed by atoms with Gasteiger partial charge >= 0.3 is 0 Å². The molecule has 0 bridgehead atoms. The third-order valence-electron chi connectivity index (χ3n) is 3.74. The number of aromatic nitrogens is 1. The van der Waals surface area contributed by atoms with Gasteiger partial charge in [-0.1, -0.05) is 41.6 Å². The minimum atomic E-state index is -0.0968. The number of hydrogen-bond donors (Lipinski definition) is 2. The van der Waals surface area contributed by atoms with Crippen LogP contribution in [0.2, 0.25) is 0 Å². The van der Waals surface area contributed by atoms with Gasteiger partial charge in [0, 0.05) is 35.8 Å². The molecule has 3 aromatic rings. The van der Waals surface area contributed by atoms with Crippen LogP contribution in [0.15, 0.2) is 59.1 Å². The molecule has 1 aromatic heterocycles. The highest BCUT2D eigenvalue weighted by molar-refractivity contribution is 5.95. The first-order valence-corrected chi connectivity index (χ1v) is 7.86. The van der Waals surface area contributed by atoms with Crippen LogP contribution in [0.25, 0.3) is 22.6 Å². The quantitative estimate of drug-likeness (QED) is 0.756. The number of hydrogen-bond acceptors (Lipinski definition) is 4. The van der Waals surface area contributed by atoms with Gasteiger partial charge in [-0.2, -0.15) is 0 Å². The number of nitrogens with zero attached hydrogens (tertiary/aromatic N) is 1. The van der Waals surface area contributed by atoms with Gasteiger partial charge in [0.15, 0.2) is 5.76 Å². The third-order valence-corrected chi connectivity index (χ3v) is 3.74. The van der Waals surface area contributed by atoms with Crippen molar-refractivity contribution in [3.05, 3.63) is 65.7 Å². The first kappa shape index (κ1) is 16.0. The number of rotatable bonds is 5. The molecule has 0 aliphatic rings. The number of nitrogens with one attached hydrogen (secondary N) is 1. The number of benzene rings is 2. The summed E-state index contributed by atoms with van der Waals surface area (Å²) < 4.78 is 5.44. The van der Waals surface area contributed by atoms with E-state index in [1.165, 1.54) is 0 Å². The van der Waals surface area contributed by atoms with E-state index in [-0.39, 0.29) is 5.91 Å². The largest absolute Gasteiger partial charge is 0.356 e. The summed E-state index contributed by atoms with van der Waals surface area (Å²) in [6.07, 6.45) is 0. The summed E-state index contributed by atoms with van der Waals surface area (Å²) in [6, 6.07) is 17.0. The van der Waals surface area contributed by atoms with Gasteiger partial charge in [0.25, 0.3) is 5.91 Å². The second-order valence-electron chi connectivity index (χ2n) is 5.42. The van der Waals surface area contributed by atoms with Gasteiger partial charge in [0.2, 0.25) is 0 Å². The normalized spacial score (nSPS) is 10.6. The summed E-state index contributed by atoms with van der Waals surface area (Å²) in [4.78, 5) is 12.0. The Labute approximate surface area is 140 Å². The van der Waals surface area contributed by atoms with Crippen LogP contribution in [0.4, 0.5) is 0 Å². The summed E-state index contributed by atoms with van der Waals surface area (Å²) in [6.45, 7) is 2.99. The van der Waals surface area contributed by atoms with E-state index in [1.54, 1.807) is 6.07 Å². The minimum Gasteiger partial charge on any atom is -0.356 e. The molecule has 0 saturated heterocycles. The standard InChI is InChI=1S/C19H19N3O2/c1-2-21-19(23)16-5-3-4-15(10-16)17-11-18(24-22-17)14-8-6-13(12-20)7-9-14/h3-11H,2,12,20H2,1H3,(H,21,23). The van der Waals surface area contributed by atoms with Crippen LogP contribution in [-0.2, 0) is 6.54 Å². The van der Waals surface area contributed by atoms with Crippen molar-refractivity contribution in [2.75, 3.05) is 6.54 Å². The van der Waals surface area contributed by atoms with E-state index < -0.39 is 0 Å². The van der Waals surface area contributed by atoms with Gasteiger partial charge in [-0.25, -0.2) is 0 Å². The molecule has 1 amide bonds. The van der Waals surface area contributed by atoms with Gasteiger partial charge in [0.1, 0.15) is 5.69 Å². The smallest absolute Gasteiger partial charge is 0.251 e. The predicted molar refractivity (Wildman–Crippen MR) is 93.3 cm³/mol. The van der Waals surface area contributed by atoms with Crippen LogP contribution >= 0.6 is 0 Å². The zero-order valence-electron chi connectivity index (χ0n) is 13.5. The van der Waals surface area contributed by atoms with Crippen molar-refractivity contribution >= 4 is 5.91 Å². The Kier molecular flexibility index (Phi) is 4.72. The molecule has 24 heavy (non-hydrogen) atoms. The molecule has 3 N–H and O–H groups in total. The number of nitrogens with two attached hydrogens (primary N) is 1. The molecule has 0 radical (unpaired) electrons. The van der Waals surface area contributed by atoms with Gasteiger partial charge in [-0.15, -0.1) is 0 Å². The molecule has 0 aliphatic carbocycles. The van der Waals surface area contributed by atoms with E-state index in [2.05, 4.69) is 10.5 Å². The summed E-state index contributed by atoms with van der Waals surface area (Å²) >= 11 is 0. The topological polar surface area (TPSA) is 81.2 Å². The zero-order valence-corrected chi connectivity index (χ0v) is 13.5. The van der Waals surface area contributed by atoms with Crippen molar-refractivity contribution in [1.82, 2.24) is 10.5 Å². The molecule has 5 nitrogen and oxygen atoms in total. The predicted octanol–water partition coefficient (Wildman–Crippen LogP) is 3.22. The van der Waals surface area contributed by atoms with E-state index in [4.69, 9.17) is 10.3 Å². The van der Waals surface area contributed by atoms with Crippen LogP contribution in [0.5, 0.6) is 0 Å². The Morgan fingerprint density at radius 3 is 2.62 bits per heavy atom. The molecule has 122 valence electrons. The summed E-state index contributed by atoms with van der Waals surface area (Å²) in [5.41, 5.74) is 9.75. The highest BCUT2D eigenvalue weighted by Gasteiger charge is 2.11. The molecular formula is C19H19N3O2. The lowest BCUT2D eigenvalue weighted by Gasteiger charge is -2.03. The van der Waals surface area contributed by atoms with Crippen molar-refractivity contribution in [3.8, 4) is 22.6 Å². The van der Waals surface area contributed by atoms with Gasteiger partial charge in [0.05, 0.1) is 0 Å². The number of carbonyl (C=O) groups is 1. The zero-order chi connectivity index (χ0) is 16.9. The summed E-state index contributed by atoms with van der Waals surface area (Å²) in [5.74, 6) is 0.581. The van der Waals surface area contributed by atoms with Gasteiger partial charge < -0.3 is 15.6 Å². The second kappa shape index (κ2) is 7.10. The fraction of sp³-hybridized carbons (Fsp3) is 0.158. The Bertz CT molecular complexity index is 838. The minimum absolute atomic E-state index is 0.0968. The lowest BCUT2D eigenvalue weighted by atomic mass is 10.1. The van der Waals surface area contributed by atoms with E-state index in [1.807, 2.05) is 55.5 Å². The Balaban J connectivity index is 1.87. The second-order valence-corrected chi connectivity index (χ2v) is 5.42. The molecule has 2 aromatic carbocycles. The van der Waals surface area contributed by atoms with E-state index >= 15 is 0 Å². The van der Waals surface area contributed by atoms with Crippen molar-refractivity contribution in [2.45, 2.75) is 13.5 Å². The average molecular weight is 321 g/mol. The lowest BCUT2D eigenvalue weighted by Crippen LogP contribution is -2.22. The van der Waals surface area contributed by atoms with Crippen LogP contribution < -0.4 is 11.1 Å². The van der Waals surface area contributed by atoms with Gasteiger partial charge in [-0.3, -0.25) is 4.79 Å². The van der Waals surface area contributed by atoms with Crippen LogP contribution in [0, 0.1) is 0 Å². The molecule has 0 fully saturated rings. The van der Waals surface area contributed by atoms with E-state index in [0.717, 1.165) is 16.7 Å². The van der Waals surface area contributed by atoms with Gasteiger partial charge in [-0.05, 0) is 24.6 Å². The molecule has 0 aliphatic heterocycles. The fourth-order valence-corrected chi connectivity index (χ4v) is 2.43. The van der Waals surface area contributed by atoms with Crippen LogP contribution in [0.1, 0.15) is 22.8 Å². The Hall–Kier alpha value is -2.92. The third kappa shape index (κ3) is 3.36. The number of carbonyl (C=O) groups excluding carboxylic acids is 1. The summed E-state index contributed by atoms with van der Waals surface area (Å²) in [5, 5.41) is 6.91. The van der Waals surface area contributed by atoms with Crippen LogP contribution in [-0.4, -0.2) is 17.6 Å². The van der Waals surface area contributed by atoms with Crippen molar-refractivity contribution in [2.24, 2.45) is 5.73 Å². The maximum Gasteiger partial charge on any atom is 0.251 e. The average Bonchev–Trinajstić information content (AvgIpc) is 3.12. The fourth-order valence-electron chi connectivity index (χ4n) is 2.43. The van der Waals surface area contributed by atoms with Crippen LogP contribution in [0.3, 0.4) is 0 Å². The molecule has 0 unspecified atom stereocenters. The van der Waals surface area contributed by atoms with Crippen molar-refractivity contribution < 1.29 is 9.32 Å². The summed E-state index contributed by atoms with van der Waals surface area (Å²) in [7, 11) is 0. The first-order valence-electron chi connectivity index (χ1n) is 7.86. The molecule has 1 heterocycles. The van der Waals surface area contributed by atoms with Crippen molar-refractivity contribution in [1.29, 1.82) is 0 Å². The Morgan fingerprint density at radius 1 is 1.12 bits per heavy atom.